The van der Waals surface area contributed by atoms with Gasteiger partial charge in [-0.2, -0.15) is 0 Å². The van der Waals surface area contributed by atoms with Gasteiger partial charge >= 0.3 is 0 Å². The predicted octanol–water partition coefficient (Wildman–Crippen LogP) is 4.05. The molecule has 1 aromatic heterocycles. The van der Waals surface area contributed by atoms with Crippen LogP contribution in [-0.2, 0) is 0 Å². The van der Waals surface area contributed by atoms with Gasteiger partial charge in [0.1, 0.15) is 5.82 Å². The Balaban J connectivity index is 1.43. The summed E-state index contributed by atoms with van der Waals surface area (Å²) in [6.07, 6.45) is 7.81. The van der Waals surface area contributed by atoms with E-state index >= 15 is 0 Å². The fourth-order valence-corrected chi connectivity index (χ4v) is 3.79. The Kier molecular flexibility index (Phi) is 5.04. The van der Waals surface area contributed by atoms with E-state index in [9.17, 15) is 4.79 Å². The predicted molar refractivity (Wildman–Crippen MR) is 105 cm³/mol. The zero-order valence-electron chi connectivity index (χ0n) is 15.2. The van der Waals surface area contributed by atoms with Crippen molar-refractivity contribution in [2.75, 3.05) is 36.4 Å². The fourth-order valence-electron chi connectivity index (χ4n) is 3.79. The number of benzene rings is 1. The number of amides is 1. The van der Waals surface area contributed by atoms with Crippen molar-refractivity contribution in [3.8, 4) is 0 Å². The van der Waals surface area contributed by atoms with E-state index in [0.717, 1.165) is 44.7 Å². The quantitative estimate of drug-likeness (QED) is 0.904. The summed E-state index contributed by atoms with van der Waals surface area (Å²) < 4.78 is 0. The fraction of sp³-hybridized carbons (Fsp3) is 0.429. The highest BCUT2D eigenvalue weighted by atomic mass is 16.2. The standard InChI is InChI=1S/C21H26N4O/c26-21(25-14-4-5-15-25)17-10-11-22-20(16-17)23-18-6-8-19(9-7-18)24-12-2-1-3-13-24/h6-11,16H,1-5,12-15H2,(H,22,23). The zero-order valence-corrected chi connectivity index (χ0v) is 15.2. The van der Waals surface area contributed by atoms with Gasteiger partial charge in [0.25, 0.3) is 5.91 Å². The van der Waals surface area contributed by atoms with Gasteiger partial charge in [-0.25, -0.2) is 4.98 Å². The third-order valence-corrected chi connectivity index (χ3v) is 5.26. The van der Waals surface area contributed by atoms with Crippen LogP contribution in [0.15, 0.2) is 42.6 Å². The maximum atomic E-state index is 12.5. The van der Waals surface area contributed by atoms with Crippen molar-refractivity contribution in [2.45, 2.75) is 32.1 Å². The Hall–Kier alpha value is -2.56. The van der Waals surface area contributed by atoms with Crippen molar-refractivity contribution in [2.24, 2.45) is 0 Å². The monoisotopic (exact) mass is 350 g/mol. The van der Waals surface area contributed by atoms with Crippen LogP contribution in [0.5, 0.6) is 0 Å². The average molecular weight is 350 g/mol. The number of aromatic nitrogens is 1. The first kappa shape index (κ1) is 16.9. The highest BCUT2D eigenvalue weighted by Gasteiger charge is 2.19. The Labute approximate surface area is 155 Å². The molecular formula is C21H26N4O. The van der Waals surface area contributed by atoms with Crippen LogP contribution < -0.4 is 10.2 Å². The molecule has 2 saturated heterocycles. The van der Waals surface area contributed by atoms with E-state index in [2.05, 4.69) is 39.5 Å². The summed E-state index contributed by atoms with van der Waals surface area (Å²) in [5, 5.41) is 3.32. The van der Waals surface area contributed by atoms with E-state index in [4.69, 9.17) is 0 Å². The number of hydrogen-bond donors (Lipinski definition) is 1. The molecule has 5 nitrogen and oxygen atoms in total. The molecule has 1 aromatic carbocycles. The zero-order chi connectivity index (χ0) is 17.8. The molecule has 0 unspecified atom stereocenters. The second-order valence-electron chi connectivity index (χ2n) is 7.15. The van der Waals surface area contributed by atoms with Crippen LogP contribution >= 0.6 is 0 Å². The van der Waals surface area contributed by atoms with Crippen LogP contribution in [0.4, 0.5) is 17.2 Å². The first-order valence-corrected chi connectivity index (χ1v) is 9.67. The molecule has 0 atom stereocenters. The third kappa shape index (κ3) is 3.82. The van der Waals surface area contributed by atoms with Crippen LogP contribution in [0, 0.1) is 0 Å². The smallest absolute Gasteiger partial charge is 0.254 e. The molecule has 1 N–H and O–H groups in total. The molecule has 2 aromatic rings. The normalized spacial score (nSPS) is 17.4. The number of likely N-dealkylation sites (tertiary alicyclic amines) is 1. The Morgan fingerprint density at radius 1 is 0.885 bits per heavy atom. The van der Waals surface area contributed by atoms with E-state index in [1.54, 1.807) is 12.3 Å². The third-order valence-electron chi connectivity index (χ3n) is 5.26. The minimum Gasteiger partial charge on any atom is -0.372 e. The number of pyridine rings is 1. The molecule has 5 heteroatoms. The second-order valence-corrected chi connectivity index (χ2v) is 7.15. The van der Waals surface area contributed by atoms with Crippen LogP contribution in [-0.4, -0.2) is 42.0 Å². The van der Waals surface area contributed by atoms with Crippen molar-refractivity contribution in [3.05, 3.63) is 48.2 Å². The molecule has 3 heterocycles. The summed E-state index contributed by atoms with van der Waals surface area (Å²) in [5.74, 6) is 0.814. The molecule has 4 rings (SSSR count). The summed E-state index contributed by atoms with van der Waals surface area (Å²) in [6.45, 7) is 4.02. The Bertz CT molecular complexity index is 747. The molecule has 2 fully saturated rings. The maximum Gasteiger partial charge on any atom is 0.254 e. The Morgan fingerprint density at radius 2 is 1.58 bits per heavy atom. The first-order chi connectivity index (χ1) is 12.8. The molecule has 0 aliphatic carbocycles. The van der Waals surface area contributed by atoms with Crippen LogP contribution in [0.3, 0.4) is 0 Å². The van der Waals surface area contributed by atoms with Gasteiger partial charge in [-0.05, 0) is 68.5 Å². The maximum absolute atomic E-state index is 12.5. The van der Waals surface area contributed by atoms with Gasteiger partial charge < -0.3 is 15.1 Å². The minimum atomic E-state index is 0.105. The molecule has 0 saturated carbocycles. The largest absolute Gasteiger partial charge is 0.372 e. The number of carbonyl (C=O) groups excluding carboxylic acids is 1. The molecule has 2 aliphatic rings. The molecule has 0 radical (unpaired) electrons. The number of piperidine rings is 1. The van der Waals surface area contributed by atoms with Gasteiger partial charge in [0.15, 0.2) is 0 Å². The molecule has 26 heavy (non-hydrogen) atoms. The number of anilines is 3. The van der Waals surface area contributed by atoms with Gasteiger partial charge in [-0.15, -0.1) is 0 Å². The van der Waals surface area contributed by atoms with Crippen LogP contribution in [0.25, 0.3) is 0 Å². The van der Waals surface area contributed by atoms with Gasteiger partial charge in [-0.3, -0.25) is 4.79 Å². The van der Waals surface area contributed by atoms with Gasteiger partial charge in [0, 0.05) is 49.3 Å². The van der Waals surface area contributed by atoms with Crippen molar-refractivity contribution < 1.29 is 4.79 Å². The van der Waals surface area contributed by atoms with E-state index in [0.29, 0.717) is 11.4 Å². The molecule has 0 bridgehead atoms. The first-order valence-electron chi connectivity index (χ1n) is 9.67. The van der Waals surface area contributed by atoms with Gasteiger partial charge in [0.05, 0.1) is 0 Å². The van der Waals surface area contributed by atoms with Gasteiger partial charge in [-0.1, -0.05) is 0 Å². The van der Waals surface area contributed by atoms with Crippen molar-refractivity contribution in [1.29, 1.82) is 0 Å². The molecule has 136 valence electrons. The topological polar surface area (TPSA) is 48.5 Å². The lowest BCUT2D eigenvalue weighted by atomic mass is 10.1. The molecule has 1 amide bonds. The second kappa shape index (κ2) is 7.77. The summed E-state index contributed by atoms with van der Waals surface area (Å²) in [7, 11) is 0. The summed E-state index contributed by atoms with van der Waals surface area (Å²) in [5.41, 5.74) is 2.97. The summed E-state index contributed by atoms with van der Waals surface area (Å²) >= 11 is 0. The summed E-state index contributed by atoms with van der Waals surface area (Å²) in [4.78, 5) is 21.3. The lowest BCUT2D eigenvalue weighted by Gasteiger charge is -2.28. The van der Waals surface area contributed by atoms with Crippen molar-refractivity contribution in [3.63, 3.8) is 0 Å². The van der Waals surface area contributed by atoms with Crippen LogP contribution in [0.2, 0.25) is 0 Å². The highest BCUT2D eigenvalue weighted by molar-refractivity contribution is 5.95. The minimum absolute atomic E-state index is 0.105. The Morgan fingerprint density at radius 3 is 2.31 bits per heavy atom. The van der Waals surface area contributed by atoms with E-state index in [1.165, 1.54) is 24.9 Å². The molecule has 0 spiro atoms. The van der Waals surface area contributed by atoms with Crippen LogP contribution in [0.1, 0.15) is 42.5 Å². The number of carbonyl (C=O) groups is 1. The van der Waals surface area contributed by atoms with Crippen molar-refractivity contribution in [1.82, 2.24) is 9.88 Å². The number of nitrogens with zero attached hydrogens (tertiary/aromatic N) is 3. The van der Waals surface area contributed by atoms with Gasteiger partial charge in [0.2, 0.25) is 0 Å². The van der Waals surface area contributed by atoms with Crippen molar-refractivity contribution >= 4 is 23.1 Å². The highest BCUT2D eigenvalue weighted by Crippen LogP contribution is 2.23. The average Bonchev–Trinajstić information content (AvgIpc) is 3.24. The number of nitrogens with one attached hydrogen (secondary N) is 1. The number of rotatable bonds is 4. The lowest BCUT2D eigenvalue weighted by Crippen LogP contribution is -2.29. The number of hydrogen-bond acceptors (Lipinski definition) is 4. The molecule has 2 aliphatic heterocycles. The van der Waals surface area contributed by atoms with E-state index in [1.807, 2.05) is 11.0 Å². The van der Waals surface area contributed by atoms with E-state index in [-0.39, 0.29) is 5.91 Å². The SMILES string of the molecule is O=C(c1ccnc(Nc2ccc(N3CCCCC3)cc2)c1)N1CCCC1. The molecular weight excluding hydrogens is 324 g/mol. The summed E-state index contributed by atoms with van der Waals surface area (Å²) in [6, 6.07) is 12.1. The lowest BCUT2D eigenvalue weighted by molar-refractivity contribution is 0.0793. The van der Waals surface area contributed by atoms with E-state index < -0.39 is 0 Å².